The minimum Gasteiger partial charge on any atom is -0.493 e. The number of ketones is 1. The molecule has 2 rings (SSSR count). The SMILES string of the molecule is CCCn1ncc(OC)c1C(=O)c1cc(C)nn1C. The third-order valence-electron chi connectivity index (χ3n) is 2.91. The Hall–Kier alpha value is -2.11. The van der Waals surface area contributed by atoms with Crippen LogP contribution < -0.4 is 4.74 Å². The Labute approximate surface area is 112 Å². The summed E-state index contributed by atoms with van der Waals surface area (Å²) in [6.45, 7) is 4.58. The zero-order chi connectivity index (χ0) is 14.0. The summed E-state index contributed by atoms with van der Waals surface area (Å²) >= 11 is 0. The lowest BCUT2D eigenvalue weighted by Gasteiger charge is -2.07. The highest BCUT2D eigenvalue weighted by molar-refractivity contribution is 6.08. The zero-order valence-corrected chi connectivity index (χ0v) is 11.7. The topological polar surface area (TPSA) is 61.9 Å². The molecule has 0 aliphatic rings. The predicted octanol–water partition coefficient (Wildman–Crippen LogP) is 1.57. The maximum atomic E-state index is 12.6. The minimum absolute atomic E-state index is 0.120. The lowest BCUT2D eigenvalue weighted by molar-refractivity contribution is 0.101. The zero-order valence-electron chi connectivity index (χ0n) is 11.7. The normalized spacial score (nSPS) is 10.7. The highest BCUT2D eigenvalue weighted by Crippen LogP contribution is 2.21. The third kappa shape index (κ3) is 2.38. The summed E-state index contributed by atoms with van der Waals surface area (Å²) in [6.07, 6.45) is 2.47. The van der Waals surface area contributed by atoms with E-state index in [2.05, 4.69) is 10.2 Å². The lowest BCUT2D eigenvalue weighted by Crippen LogP contribution is -2.15. The highest BCUT2D eigenvalue weighted by atomic mass is 16.5. The number of methoxy groups -OCH3 is 1. The van der Waals surface area contributed by atoms with Crippen LogP contribution in [0.4, 0.5) is 0 Å². The van der Waals surface area contributed by atoms with Crippen molar-refractivity contribution in [3.8, 4) is 5.75 Å². The molecule has 0 bridgehead atoms. The first kappa shape index (κ1) is 13.3. The van der Waals surface area contributed by atoms with Crippen molar-refractivity contribution < 1.29 is 9.53 Å². The van der Waals surface area contributed by atoms with Crippen LogP contribution in [0, 0.1) is 6.92 Å². The van der Waals surface area contributed by atoms with E-state index in [-0.39, 0.29) is 5.78 Å². The average Bonchev–Trinajstić information content (AvgIpc) is 2.92. The van der Waals surface area contributed by atoms with E-state index in [9.17, 15) is 4.79 Å². The van der Waals surface area contributed by atoms with Crippen LogP contribution in [0.1, 0.15) is 35.2 Å². The van der Waals surface area contributed by atoms with Crippen LogP contribution in [0.5, 0.6) is 5.75 Å². The Morgan fingerprint density at radius 1 is 1.47 bits per heavy atom. The van der Waals surface area contributed by atoms with E-state index in [0.717, 1.165) is 12.1 Å². The Kier molecular flexibility index (Phi) is 3.69. The number of ether oxygens (including phenoxy) is 1. The van der Waals surface area contributed by atoms with Crippen LogP contribution in [0.25, 0.3) is 0 Å². The van der Waals surface area contributed by atoms with Gasteiger partial charge in [0.25, 0.3) is 0 Å². The molecule has 0 atom stereocenters. The number of aryl methyl sites for hydroxylation is 3. The van der Waals surface area contributed by atoms with Crippen LogP contribution in [-0.4, -0.2) is 32.5 Å². The van der Waals surface area contributed by atoms with Gasteiger partial charge < -0.3 is 4.74 Å². The molecule has 0 amide bonds. The van der Waals surface area contributed by atoms with Crippen molar-refractivity contribution in [1.82, 2.24) is 19.6 Å². The van der Waals surface area contributed by atoms with E-state index in [1.54, 1.807) is 35.8 Å². The number of nitrogens with zero attached hydrogens (tertiary/aromatic N) is 4. The Bertz CT molecular complexity index is 598. The molecule has 2 aromatic rings. The van der Waals surface area contributed by atoms with Gasteiger partial charge in [-0.15, -0.1) is 0 Å². The van der Waals surface area contributed by atoms with Crippen LogP contribution in [0.3, 0.4) is 0 Å². The van der Waals surface area contributed by atoms with Crippen molar-refractivity contribution >= 4 is 5.78 Å². The van der Waals surface area contributed by atoms with Gasteiger partial charge in [-0.2, -0.15) is 10.2 Å². The second-order valence-electron chi connectivity index (χ2n) is 4.41. The molecule has 0 radical (unpaired) electrons. The molecule has 2 aromatic heterocycles. The van der Waals surface area contributed by atoms with E-state index in [1.165, 1.54) is 0 Å². The molecule has 0 fully saturated rings. The van der Waals surface area contributed by atoms with Crippen molar-refractivity contribution in [3.63, 3.8) is 0 Å². The van der Waals surface area contributed by atoms with E-state index < -0.39 is 0 Å². The summed E-state index contributed by atoms with van der Waals surface area (Å²) in [7, 11) is 3.30. The van der Waals surface area contributed by atoms with Gasteiger partial charge in [-0.1, -0.05) is 6.92 Å². The van der Waals surface area contributed by atoms with Gasteiger partial charge in [-0.05, 0) is 19.4 Å². The van der Waals surface area contributed by atoms with Crippen molar-refractivity contribution in [1.29, 1.82) is 0 Å². The molecule has 0 aliphatic carbocycles. The molecule has 0 unspecified atom stereocenters. The monoisotopic (exact) mass is 262 g/mol. The summed E-state index contributed by atoms with van der Waals surface area (Å²) in [4.78, 5) is 12.6. The molecule has 0 aromatic carbocycles. The van der Waals surface area contributed by atoms with Crippen molar-refractivity contribution in [2.45, 2.75) is 26.8 Å². The molecule has 0 aliphatic heterocycles. The van der Waals surface area contributed by atoms with Gasteiger partial charge >= 0.3 is 0 Å². The quantitative estimate of drug-likeness (QED) is 0.767. The van der Waals surface area contributed by atoms with Gasteiger partial charge in [0, 0.05) is 13.6 Å². The van der Waals surface area contributed by atoms with Gasteiger partial charge in [0.1, 0.15) is 5.69 Å². The second kappa shape index (κ2) is 5.26. The first-order valence-electron chi connectivity index (χ1n) is 6.23. The molecule has 0 spiro atoms. The van der Waals surface area contributed by atoms with E-state index in [4.69, 9.17) is 4.74 Å². The lowest BCUT2D eigenvalue weighted by atomic mass is 10.2. The molecule has 6 nitrogen and oxygen atoms in total. The first-order valence-corrected chi connectivity index (χ1v) is 6.23. The van der Waals surface area contributed by atoms with Gasteiger partial charge in [0.05, 0.1) is 19.0 Å². The minimum atomic E-state index is -0.120. The van der Waals surface area contributed by atoms with Crippen molar-refractivity contribution in [3.05, 3.63) is 29.3 Å². The van der Waals surface area contributed by atoms with Crippen molar-refractivity contribution in [2.24, 2.45) is 7.05 Å². The molecule has 6 heteroatoms. The smallest absolute Gasteiger partial charge is 0.232 e. The molecule has 102 valence electrons. The summed E-state index contributed by atoms with van der Waals surface area (Å²) < 4.78 is 8.50. The van der Waals surface area contributed by atoms with Crippen LogP contribution >= 0.6 is 0 Å². The number of hydrogen-bond donors (Lipinski definition) is 0. The van der Waals surface area contributed by atoms with Gasteiger partial charge in [-0.3, -0.25) is 14.2 Å². The third-order valence-corrected chi connectivity index (χ3v) is 2.91. The number of carbonyl (C=O) groups is 1. The molecule has 2 heterocycles. The molecular formula is C13H18N4O2. The predicted molar refractivity (Wildman–Crippen MR) is 70.4 cm³/mol. The van der Waals surface area contributed by atoms with Crippen molar-refractivity contribution in [2.75, 3.05) is 7.11 Å². The molecular weight excluding hydrogens is 244 g/mol. The summed E-state index contributed by atoms with van der Waals surface area (Å²) in [5.41, 5.74) is 1.83. The largest absolute Gasteiger partial charge is 0.493 e. The summed E-state index contributed by atoms with van der Waals surface area (Å²) in [5.74, 6) is 0.378. The molecule has 0 saturated carbocycles. The van der Waals surface area contributed by atoms with E-state index in [1.807, 2.05) is 13.8 Å². The van der Waals surface area contributed by atoms with Crippen LogP contribution in [-0.2, 0) is 13.6 Å². The summed E-state index contributed by atoms with van der Waals surface area (Å²) in [5, 5.41) is 8.40. The fraction of sp³-hybridized carbons (Fsp3) is 0.462. The Balaban J connectivity index is 2.48. The van der Waals surface area contributed by atoms with E-state index >= 15 is 0 Å². The van der Waals surface area contributed by atoms with Crippen LogP contribution in [0.15, 0.2) is 12.3 Å². The first-order chi connectivity index (χ1) is 9.08. The van der Waals surface area contributed by atoms with Gasteiger partial charge in [0.15, 0.2) is 11.4 Å². The van der Waals surface area contributed by atoms with Gasteiger partial charge in [-0.25, -0.2) is 0 Å². The Morgan fingerprint density at radius 2 is 2.21 bits per heavy atom. The van der Waals surface area contributed by atoms with Gasteiger partial charge in [0.2, 0.25) is 5.78 Å². The highest BCUT2D eigenvalue weighted by Gasteiger charge is 2.23. The molecule has 0 N–H and O–H groups in total. The molecule has 0 saturated heterocycles. The fourth-order valence-corrected chi connectivity index (χ4v) is 2.07. The van der Waals surface area contributed by atoms with E-state index in [0.29, 0.717) is 23.7 Å². The number of hydrogen-bond acceptors (Lipinski definition) is 4. The average molecular weight is 262 g/mol. The fourth-order valence-electron chi connectivity index (χ4n) is 2.07. The number of rotatable bonds is 5. The number of carbonyl (C=O) groups excluding carboxylic acids is 1. The Morgan fingerprint density at radius 3 is 2.74 bits per heavy atom. The maximum absolute atomic E-state index is 12.6. The van der Waals surface area contributed by atoms with Crippen LogP contribution in [0.2, 0.25) is 0 Å². The standard InChI is InChI=1S/C13H18N4O2/c1-5-6-17-12(11(19-4)8-14-17)13(18)10-7-9(2)15-16(10)3/h7-8H,5-6H2,1-4H3. The second-order valence-corrected chi connectivity index (χ2v) is 4.41. The maximum Gasteiger partial charge on any atom is 0.232 e. The summed E-state index contributed by atoms with van der Waals surface area (Å²) in [6, 6.07) is 1.77. The molecule has 19 heavy (non-hydrogen) atoms. The number of aromatic nitrogens is 4.